The van der Waals surface area contributed by atoms with Gasteiger partial charge < -0.3 is 5.32 Å². The van der Waals surface area contributed by atoms with E-state index in [9.17, 15) is 0 Å². The molecule has 3 rings (SSSR count). The zero-order valence-electron chi connectivity index (χ0n) is 12.2. The number of fused-ring (bicyclic) bond motifs is 2. The lowest BCUT2D eigenvalue weighted by molar-refractivity contribution is -0.0381. The van der Waals surface area contributed by atoms with E-state index in [4.69, 9.17) is 0 Å². The molecule has 2 heterocycles. The molecule has 0 aromatic carbocycles. The molecule has 1 N–H and O–H groups in total. The minimum absolute atomic E-state index is 0.787. The molecule has 2 nitrogen and oxygen atoms in total. The maximum absolute atomic E-state index is 3.54. The SMILES string of the molecule is CNC1CC2CCCC(C1)N2C1CCCCC1C. The van der Waals surface area contributed by atoms with Crippen LogP contribution in [0.2, 0.25) is 0 Å². The molecule has 3 fully saturated rings. The fourth-order valence-corrected chi connectivity index (χ4v) is 4.93. The van der Waals surface area contributed by atoms with Crippen molar-refractivity contribution in [1.82, 2.24) is 10.2 Å². The highest BCUT2D eigenvalue weighted by Crippen LogP contribution is 2.40. The van der Waals surface area contributed by atoms with Crippen LogP contribution in [0.3, 0.4) is 0 Å². The van der Waals surface area contributed by atoms with E-state index in [0.717, 1.165) is 30.1 Å². The first-order valence-electron chi connectivity index (χ1n) is 8.24. The third kappa shape index (κ3) is 2.34. The van der Waals surface area contributed by atoms with Crippen LogP contribution in [0.5, 0.6) is 0 Å². The Bertz CT molecular complexity index is 264. The van der Waals surface area contributed by atoms with Crippen LogP contribution in [0.4, 0.5) is 0 Å². The van der Waals surface area contributed by atoms with Gasteiger partial charge in [0.1, 0.15) is 0 Å². The van der Waals surface area contributed by atoms with Gasteiger partial charge in [0.2, 0.25) is 0 Å². The summed E-state index contributed by atoms with van der Waals surface area (Å²) in [6, 6.07) is 3.48. The number of piperidine rings is 2. The summed E-state index contributed by atoms with van der Waals surface area (Å²) in [7, 11) is 2.15. The van der Waals surface area contributed by atoms with E-state index >= 15 is 0 Å². The minimum Gasteiger partial charge on any atom is -0.317 e. The van der Waals surface area contributed by atoms with Crippen molar-refractivity contribution >= 4 is 0 Å². The van der Waals surface area contributed by atoms with Crippen molar-refractivity contribution in [3.05, 3.63) is 0 Å². The second kappa shape index (κ2) is 5.50. The van der Waals surface area contributed by atoms with Crippen LogP contribution in [0.1, 0.15) is 64.7 Å². The third-order valence-corrected chi connectivity index (χ3v) is 5.89. The lowest BCUT2D eigenvalue weighted by Crippen LogP contribution is -2.60. The Hall–Kier alpha value is -0.0800. The first kappa shape index (κ1) is 12.9. The molecule has 4 atom stereocenters. The van der Waals surface area contributed by atoms with E-state index in [-0.39, 0.29) is 0 Å². The Morgan fingerprint density at radius 1 is 0.889 bits per heavy atom. The fraction of sp³-hybridized carbons (Fsp3) is 1.00. The first-order chi connectivity index (χ1) is 8.79. The van der Waals surface area contributed by atoms with Crippen molar-refractivity contribution < 1.29 is 0 Å². The second-order valence-corrected chi connectivity index (χ2v) is 6.97. The molecule has 0 aromatic rings. The highest BCUT2D eigenvalue weighted by atomic mass is 15.2. The van der Waals surface area contributed by atoms with E-state index in [1.807, 2.05) is 0 Å². The Balaban J connectivity index is 1.74. The van der Waals surface area contributed by atoms with Crippen LogP contribution in [0.15, 0.2) is 0 Å². The summed E-state index contributed by atoms with van der Waals surface area (Å²) in [6.07, 6.45) is 13.1. The van der Waals surface area contributed by atoms with Crippen molar-refractivity contribution in [2.45, 2.75) is 88.9 Å². The molecule has 104 valence electrons. The van der Waals surface area contributed by atoms with Gasteiger partial charge in [0.15, 0.2) is 0 Å². The zero-order valence-corrected chi connectivity index (χ0v) is 12.2. The zero-order chi connectivity index (χ0) is 12.5. The molecule has 0 aromatic heterocycles. The topological polar surface area (TPSA) is 15.3 Å². The van der Waals surface area contributed by atoms with Crippen molar-refractivity contribution in [2.75, 3.05) is 7.05 Å². The Labute approximate surface area is 113 Å². The maximum Gasteiger partial charge on any atom is 0.0127 e. The van der Waals surface area contributed by atoms with Gasteiger partial charge in [-0.2, -0.15) is 0 Å². The molecular weight excluding hydrogens is 220 g/mol. The summed E-state index contributed by atoms with van der Waals surface area (Å²) in [6.45, 7) is 2.50. The lowest BCUT2D eigenvalue weighted by Gasteiger charge is -2.54. The average Bonchev–Trinajstić information content (AvgIpc) is 2.38. The Kier molecular flexibility index (Phi) is 3.95. The van der Waals surface area contributed by atoms with Gasteiger partial charge in [-0.3, -0.25) is 4.90 Å². The summed E-state index contributed by atoms with van der Waals surface area (Å²) in [4.78, 5) is 2.99. The third-order valence-electron chi connectivity index (χ3n) is 5.89. The number of hydrogen-bond donors (Lipinski definition) is 1. The van der Waals surface area contributed by atoms with E-state index in [2.05, 4.69) is 24.2 Å². The molecule has 1 aliphatic carbocycles. The molecule has 2 saturated heterocycles. The minimum atomic E-state index is 0.787. The van der Waals surface area contributed by atoms with Gasteiger partial charge in [-0.05, 0) is 51.5 Å². The molecule has 0 spiro atoms. The van der Waals surface area contributed by atoms with Crippen LogP contribution in [-0.4, -0.2) is 36.1 Å². The molecule has 0 amide bonds. The van der Waals surface area contributed by atoms with Gasteiger partial charge in [0.25, 0.3) is 0 Å². The van der Waals surface area contributed by atoms with E-state index in [0.29, 0.717) is 0 Å². The van der Waals surface area contributed by atoms with Crippen LogP contribution in [0.25, 0.3) is 0 Å². The lowest BCUT2D eigenvalue weighted by atomic mass is 9.76. The van der Waals surface area contributed by atoms with E-state index in [1.54, 1.807) is 0 Å². The molecular formula is C16H30N2. The summed E-state index contributed by atoms with van der Waals surface area (Å²) in [5, 5.41) is 3.54. The van der Waals surface area contributed by atoms with Crippen molar-refractivity contribution in [2.24, 2.45) is 5.92 Å². The number of nitrogens with one attached hydrogen (secondary N) is 1. The molecule has 4 unspecified atom stereocenters. The summed E-state index contributed by atoms with van der Waals surface area (Å²) >= 11 is 0. The quantitative estimate of drug-likeness (QED) is 0.810. The summed E-state index contributed by atoms with van der Waals surface area (Å²) in [5.41, 5.74) is 0. The van der Waals surface area contributed by atoms with Crippen molar-refractivity contribution in [3.63, 3.8) is 0 Å². The Morgan fingerprint density at radius 3 is 2.17 bits per heavy atom. The molecule has 3 aliphatic rings. The van der Waals surface area contributed by atoms with Gasteiger partial charge in [0.05, 0.1) is 0 Å². The molecule has 18 heavy (non-hydrogen) atoms. The molecule has 2 bridgehead atoms. The van der Waals surface area contributed by atoms with Gasteiger partial charge in [0, 0.05) is 24.2 Å². The average molecular weight is 250 g/mol. The number of rotatable bonds is 2. The predicted molar refractivity (Wildman–Crippen MR) is 76.8 cm³/mol. The van der Waals surface area contributed by atoms with Crippen LogP contribution in [-0.2, 0) is 0 Å². The van der Waals surface area contributed by atoms with Crippen molar-refractivity contribution in [1.29, 1.82) is 0 Å². The van der Waals surface area contributed by atoms with Crippen LogP contribution >= 0.6 is 0 Å². The van der Waals surface area contributed by atoms with Gasteiger partial charge in [-0.1, -0.05) is 26.2 Å². The smallest absolute Gasteiger partial charge is 0.0127 e. The molecule has 2 aliphatic heterocycles. The normalized spacial score (nSPS) is 46.0. The van der Waals surface area contributed by atoms with Crippen LogP contribution in [0, 0.1) is 5.92 Å². The molecule has 1 saturated carbocycles. The Morgan fingerprint density at radius 2 is 1.56 bits per heavy atom. The fourth-order valence-electron chi connectivity index (χ4n) is 4.93. The maximum atomic E-state index is 3.54. The number of hydrogen-bond acceptors (Lipinski definition) is 2. The number of nitrogens with zero attached hydrogens (tertiary/aromatic N) is 1. The standard InChI is InChI=1S/C16H30N2/c1-12-6-3-4-9-16(12)18-14-7-5-8-15(18)11-13(10-14)17-2/h12-17H,3-11H2,1-2H3. The summed E-state index contributed by atoms with van der Waals surface area (Å²) < 4.78 is 0. The van der Waals surface area contributed by atoms with E-state index in [1.165, 1.54) is 57.8 Å². The van der Waals surface area contributed by atoms with Gasteiger partial charge >= 0.3 is 0 Å². The van der Waals surface area contributed by atoms with Crippen LogP contribution < -0.4 is 5.32 Å². The van der Waals surface area contributed by atoms with Gasteiger partial charge in [-0.15, -0.1) is 0 Å². The first-order valence-corrected chi connectivity index (χ1v) is 8.24. The highest BCUT2D eigenvalue weighted by molar-refractivity contribution is 4.99. The molecule has 2 heteroatoms. The van der Waals surface area contributed by atoms with Gasteiger partial charge in [-0.25, -0.2) is 0 Å². The van der Waals surface area contributed by atoms with Crippen molar-refractivity contribution in [3.8, 4) is 0 Å². The largest absolute Gasteiger partial charge is 0.317 e. The molecule has 0 radical (unpaired) electrons. The monoisotopic (exact) mass is 250 g/mol. The predicted octanol–water partition coefficient (Wildman–Crippen LogP) is 3.17. The highest BCUT2D eigenvalue weighted by Gasteiger charge is 2.42. The second-order valence-electron chi connectivity index (χ2n) is 6.97. The van der Waals surface area contributed by atoms with E-state index < -0.39 is 0 Å². The summed E-state index contributed by atoms with van der Waals surface area (Å²) in [5.74, 6) is 0.938.